The largest absolute Gasteiger partial charge is 0.496 e. The van der Waals surface area contributed by atoms with E-state index in [1.165, 1.54) is 0 Å². The minimum atomic E-state index is -1.87. The zero-order valence-electron chi connectivity index (χ0n) is 8.18. The minimum Gasteiger partial charge on any atom is -0.425 e. The predicted octanol–water partition coefficient (Wildman–Crippen LogP) is 1.62. The van der Waals surface area contributed by atoms with E-state index < -0.39 is 12.7 Å². The average molecular weight is 186 g/mol. The van der Waals surface area contributed by atoms with Crippen molar-refractivity contribution in [3.05, 3.63) is 11.1 Å². The molecule has 0 fully saturated rings. The third-order valence-corrected chi connectivity index (χ3v) is 2.91. The van der Waals surface area contributed by atoms with Gasteiger partial charge in [-0.1, -0.05) is 19.4 Å². The summed E-state index contributed by atoms with van der Waals surface area (Å²) in [5, 5.41) is 17.9. The lowest BCUT2D eigenvalue weighted by atomic mass is 9.65. The van der Waals surface area contributed by atoms with Gasteiger partial charge in [0.2, 0.25) is 0 Å². The second-order valence-corrected chi connectivity index (χ2v) is 3.53. The van der Waals surface area contributed by atoms with E-state index in [9.17, 15) is 4.39 Å². The van der Waals surface area contributed by atoms with Crippen LogP contribution in [-0.2, 0) is 0 Å². The molecule has 0 radical (unpaired) electrons. The van der Waals surface area contributed by atoms with Gasteiger partial charge < -0.3 is 10.0 Å². The van der Waals surface area contributed by atoms with Crippen LogP contribution in [0.25, 0.3) is 0 Å². The average Bonchev–Trinajstić information content (AvgIpc) is 2.43. The summed E-state index contributed by atoms with van der Waals surface area (Å²) in [5.74, 6) is 0. The molecule has 1 aliphatic carbocycles. The van der Waals surface area contributed by atoms with E-state index in [0.717, 1.165) is 12.0 Å². The fraction of sp³-hybridized carbons (Fsp3) is 0.778. The van der Waals surface area contributed by atoms with E-state index in [-0.39, 0.29) is 6.42 Å². The second kappa shape index (κ2) is 3.80. The molecular formula is C9H16BFO2. The van der Waals surface area contributed by atoms with Crippen LogP contribution in [0.4, 0.5) is 4.39 Å². The van der Waals surface area contributed by atoms with Crippen LogP contribution in [-0.4, -0.2) is 22.7 Å². The Kier molecular flexibility index (Phi) is 3.14. The van der Waals surface area contributed by atoms with Crippen molar-refractivity contribution in [2.75, 3.05) is 0 Å². The first-order chi connectivity index (χ1) is 6.06. The van der Waals surface area contributed by atoms with E-state index in [1.54, 1.807) is 0 Å². The lowest BCUT2D eigenvalue weighted by Gasteiger charge is -2.21. The quantitative estimate of drug-likeness (QED) is 0.519. The van der Waals surface area contributed by atoms with Crippen molar-refractivity contribution in [2.24, 2.45) is 0 Å². The van der Waals surface area contributed by atoms with Crippen LogP contribution in [0.5, 0.6) is 0 Å². The Labute approximate surface area is 78.6 Å². The highest BCUT2D eigenvalue weighted by molar-refractivity contribution is 6.46. The Morgan fingerprint density at radius 2 is 2.00 bits per heavy atom. The number of hydrogen-bond acceptors (Lipinski definition) is 2. The highest BCUT2D eigenvalue weighted by Crippen LogP contribution is 2.42. The number of allylic oxidation sites excluding steroid dienone is 2. The lowest BCUT2D eigenvalue weighted by molar-refractivity contribution is 0.228. The topological polar surface area (TPSA) is 40.5 Å². The van der Waals surface area contributed by atoms with Gasteiger partial charge in [0.25, 0.3) is 0 Å². The number of rotatable bonds is 3. The molecule has 0 saturated heterocycles. The van der Waals surface area contributed by atoms with E-state index in [0.29, 0.717) is 18.4 Å². The molecule has 13 heavy (non-hydrogen) atoms. The molecule has 2 N–H and O–H groups in total. The molecule has 1 aliphatic rings. The van der Waals surface area contributed by atoms with Crippen molar-refractivity contribution >= 4 is 7.12 Å². The van der Waals surface area contributed by atoms with Crippen LogP contribution >= 0.6 is 0 Å². The summed E-state index contributed by atoms with van der Waals surface area (Å²) in [6.45, 7) is 3.83. The molecule has 0 spiro atoms. The fourth-order valence-electron chi connectivity index (χ4n) is 2.15. The molecule has 0 aromatic rings. The van der Waals surface area contributed by atoms with E-state index in [1.807, 2.05) is 13.8 Å². The summed E-state index contributed by atoms with van der Waals surface area (Å²) in [6.07, 6.45) is 2.25. The summed E-state index contributed by atoms with van der Waals surface area (Å²) < 4.78 is 14.0. The Balaban J connectivity index is 2.98. The molecule has 0 heterocycles. The smallest absolute Gasteiger partial charge is 0.425 e. The minimum absolute atomic E-state index is 0.219. The van der Waals surface area contributed by atoms with Gasteiger partial charge in [-0.25, -0.2) is 4.39 Å². The van der Waals surface area contributed by atoms with Crippen LogP contribution in [0.3, 0.4) is 0 Å². The second-order valence-electron chi connectivity index (χ2n) is 3.53. The maximum atomic E-state index is 14.0. The molecule has 74 valence electrons. The van der Waals surface area contributed by atoms with Gasteiger partial charge in [0.1, 0.15) is 0 Å². The molecule has 0 amide bonds. The highest BCUT2D eigenvalue weighted by Gasteiger charge is 2.49. The summed E-state index contributed by atoms with van der Waals surface area (Å²) in [6, 6.07) is 0. The normalized spacial score (nSPS) is 28.4. The first-order valence-electron chi connectivity index (χ1n) is 4.82. The molecule has 0 aromatic heterocycles. The Bertz CT molecular complexity index is 228. The Morgan fingerprint density at radius 3 is 2.38 bits per heavy atom. The van der Waals surface area contributed by atoms with Crippen molar-refractivity contribution < 1.29 is 14.4 Å². The summed E-state index contributed by atoms with van der Waals surface area (Å²) >= 11 is 0. The zero-order valence-corrected chi connectivity index (χ0v) is 8.18. The molecule has 4 heteroatoms. The van der Waals surface area contributed by atoms with Gasteiger partial charge in [-0.3, -0.25) is 0 Å². The van der Waals surface area contributed by atoms with E-state index in [2.05, 4.69) is 0 Å². The van der Waals surface area contributed by atoms with Gasteiger partial charge in [0, 0.05) is 0 Å². The molecule has 1 atom stereocenters. The molecule has 1 rings (SSSR count). The van der Waals surface area contributed by atoms with Crippen molar-refractivity contribution in [1.82, 2.24) is 0 Å². The molecular weight excluding hydrogens is 170 g/mol. The van der Waals surface area contributed by atoms with E-state index >= 15 is 0 Å². The van der Waals surface area contributed by atoms with Crippen molar-refractivity contribution in [3.8, 4) is 0 Å². The summed E-state index contributed by atoms with van der Waals surface area (Å²) in [4.78, 5) is 0. The van der Waals surface area contributed by atoms with Gasteiger partial charge in [-0.15, -0.1) is 0 Å². The van der Waals surface area contributed by atoms with Gasteiger partial charge in [0.05, 0.1) is 0 Å². The molecule has 0 aliphatic heterocycles. The Morgan fingerprint density at radius 1 is 1.38 bits per heavy atom. The highest BCUT2D eigenvalue weighted by atomic mass is 19.1. The molecule has 0 saturated carbocycles. The van der Waals surface area contributed by atoms with E-state index in [4.69, 9.17) is 10.0 Å². The monoisotopic (exact) mass is 186 g/mol. The zero-order chi connectivity index (χ0) is 10.1. The van der Waals surface area contributed by atoms with Gasteiger partial charge in [-0.2, -0.15) is 0 Å². The van der Waals surface area contributed by atoms with Gasteiger partial charge >= 0.3 is 7.12 Å². The number of hydrogen-bond donors (Lipinski definition) is 2. The maximum absolute atomic E-state index is 14.0. The number of halogens is 1. The SMILES string of the molecule is CCC1=C(CC)C(F)(B(O)O)CC1. The third-order valence-electron chi connectivity index (χ3n) is 2.91. The number of alkyl halides is 1. The maximum Gasteiger partial charge on any atom is 0.496 e. The van der Waals surface area contributed by atoms with Crippen LogP contribution in [0, 0.1) is 0 Å². The standard InChI is InChI=1S/C9H16BFO2/c1-3-7-5-6-9(11,10(12)13)8(7)4-2/h12-13H,3-6H2,1-2H3. The van der Waals surface area contributed by atoms with Crippen molar-refractivity contribution in [2.45, 2.75) is 45.1 Å². The van der Waals surface area contributed by atoms with Crippen LogP contribution in [0.1, 0.15) is 39.5 Å². The van der Waals surface area contributed by atoms with Crippen molar-refractivity contribution in [1.29, 1.82) is 0 Å². The Hall–Kier alpha value is -0.345. The molecule has 1 unspecified atom stereocenters. The molecule has 0 bridgehead atoms. The first kappa shape index (κ1) is 10.7. The van der Waals surface area contributed by atoms with Gasteiger partial charge in [-0.05, 0) is 31.3 Å². The third kappa shape index (κ3) is 1.65. The van der Waals surface area contributed by atoms with Crippen LogP contribution < -0.4 is 0 Å². The summed E-state index contributed by atoms with van der Waals surface area (Å²) in [7, 11) is -1.87. The summed E-state index contributed by atoms with van der Waals surface area (Å²) in [5.41, 5.74) is -0.219. The first-order valence-corrected chi connectivity index (χ1v) is 4.82. The van der Waals surface area contributed by atoms with Crippen LogP contribution in [0.2, 0.25) is 0 Å². The van der Waals surface area contributed by atoms with Gasteiger partial charge in [0.15, 0.2) is 5.57 Å². The fourth-order valence-corrected chi connectivity index (χ4v) is 2.15. The van der Waals surface area contributed by atoms with Crippen molar-refractivity contribution in [3.63, 3.8) is 0 Å². The molecule has 0 aromatic carbocycles. The predicted molar refractivity (Wildman–Crippen MR) is 50.9 cm³/mol. The van der Waals surface area contributed by atoms with Crippen LogP contribution in [0.15, 0.2) is 11.1 Å². The molecule has 2 nitrogen and oxygen atoms in total. The lowest BCUT2D eigenvalue weighted by Crippen LogP contribution is -2.42.